The van der Waals surface area contributed by atoms with Crippen LogP contribution in [0.1, 0.15) is 44.6 Å². The van der Waals surface area contributed by atoms with Crippen LogP contribution in [0.25, 0.3) is 0 Å². The van der Waals surface area contributed by atoms with E-state index in [2.05, 4.69) is 5.32 Å². The first-order valence-electron chi connectivity index (χ1n) is 9.77. The van der Waals surface area contributed by atoms with E-state index in [1.807, 2.05) is 19.1 Å². The van der Waals surface area contributed by atoms with Crippen LogP contribution in [-0.2, 0) is 19.6 Å². The molecule has 1 N–H and O–H groups in total. The minimum Gasteiger partial charge on any atom is -0.351 e. The Labute approximate surface area is 167 Å². The van der Waals surface area contributed by atoms with Crippen LogP contribution in [0.4, 0.5) is 5.69 Å². The highest BCUT2D eigenvalue weighted by atomic mass is 32.2. The fraction of sp³-hybridized carbons (Fsp3) is 0.600. The molecule has 28 heavy (non-hydrogen) atoms. The van der Waals surface area contributed by atoms with Crippen LogP contribution in [0, 0.1) is 6.92 Å². The SMILES string of the molecule is Cc1ccc(N2C(=O)CN(S(C)(=O)=O)C[C@@]2(C)C(=O)NC2CCCCC2)cc1. The van der Waals surface area contributed by atoms with Crippen LogP contribution < -0.4 is 10.2 Å². The number of hydrogen-bond acceptors (Lipinski definition) is 4. The zero-order chi connectivity index (χ0) is 20.5. The molecule has 1 aromatic rings. The first-order valence-corrected chi connectivity index (χ1v) is 11.6. The molecular weight excluding hydrogens is 378 g/mol. The van der Waals surface area contributed by atoms with E-state index in [0.29, 0.717) is 5.69 Å². The van der Waals surface area contributed by atoms with Crippen molar-refractivity contribution in [3.63, 3.8) is 0 Å². The van der Waals surface area contributed by atoms with Crippen LogP contribution >= 0.6 is 0 Å². The number of benzene rings is 1. The van der Waals surface area contributed by atoms with Crippen molar-refractivity contribution in [3.8, 4) is 0 Å². The second-order valence-corrected chi connectivity index (χ2v) is 10.2. The summed E-state index contributed by atoms with van der Waals surface area (Å²) in [6, 6.07) is 7.43. The van der Waals surface area contributed by atoms with Gasteiger partial charge < -0.3 is 5.32 Å². The van der Waals surface area contributed by atoms with Crippen molar-refractivity contribution in [1.82, 2.24) is 9.62 Å². The number of piperazine rings is 1. The summed E-state index contributed by atoms with van der Waals surface area (Å²) in [5.41, 5.74) is 0.329. The number of anilines is 1. The molecule has 7 nitrogen and oxygen atoms in total. The van der Waals surface area contributed by atoms with Gasteiger partial charge in [0.05, 0.1) is 12.8 Å². The van der Waals surface area contributed by atoms with Crippen molar-refractivity contribution < 1.29 is 18.0 Å². The molecule has 0 unspecified atom stereocenters. The lowest BCUT2D eigenvalue weighted by atomic mass is 9.91. The quantitative estimate of drug-likeness (QED) is 0.825. The van der Waals surface area contributed by atoms with Crippen LogP contribution in [-0.4, -0.2) is 55.5 Å². The number of hydrogen-bond donors (Lipinski definition) is 1. The highest BCUT2D eigenvalue weighted by Crippen LogP contribution is 2.31. The number of aryl methyl sites for hydroxylation is 1. The van der Waals surface area contributed by atoms with Gasteiger partial charge in [-0.3, -0.25) is 14.5 Å². The van der Waals surface area contributed by atoms with Crippen LogP contribution in [0.3, 0.4) is 0 Å². The Morgan fingerprint density at radius 3 is 2.32 bits per heavy atom. The van der Waals surface area contributed by atoms with Crippen molar-refractivity contribution in [2.24, 2.45) is 0 Å². The molecular formula is C20H29N3O4S. The predicted molar refractivity (Wildman–Crippen MR) is 109 cm³/mol. The molecule has 0 radical (unpaired) electrons. The minimum atomic E-state index is -3.60. The molecule has 1 saturated heterocycles. The fourth-order valence-corrected chi connectivity index (χ4v) is 4.92. The van der Waals surface area contributed by atoms with Crippen molar-refractivity contribution >= 4 is 27.5 Å². The van der Waals surface area contributed by atoms with E-state index < -0.39 is 21.5 Å². The molecule has 0 spiro atoms. The summed E-state index contributed by atoms with van der Waals surface area (Å²) in [5.74, 6) is -0.705. The Kier molecular flexibility index (Phi) is 5.82. The molecule has 2 fully saturated rings. The second kappa shape index (κ2) is 7.83. The number of amides is 2. The maximum Gasteiger partial charge on any atom is 0.247 e. The van der Waals surface area contributed by atoms with Crippen molar-refractivity contribution in [2.75, 3.05) is 24.2 Å². The molecule has 154 valence electrons. The smallest absolute Gasteiger partial charge is 0.247 e. The third-order valence-electron chi connectivity index (χ3n) is 5.73. The predicted octanol–water partition coefficient (Wildman–Crippen LogP) is 1.81. The third-order valence-corrected chi connectivity index (χ3v) is 6.93. The standard InChI is InChI=1S/C20H29N3O4S/c1-15-9-11-17(12-10-15)23-18(24)13-22(28(3,26)27)14-20(23,2)19(25)21-16-7-5-4-6-8-16/h9-12,16H,4-8,13-14H2,1-3H3,(H,21,25)/t20-/m0/s1. The third kappa shape index (κ3) is 4.22. The molecule has 1 aliphatic heterocycles. The van der Waals surface area contributed by atoms with Gasteiger partial charge in [0.1, 0.15) is 5.54 Å². The molecule has 2 amide bonds. The largest absolute Gasteiger partial charge is 0.351 e. The van der Waals surface area contributed by atoms with Gasteiger partial charge in [0.25, 0.3) is 0 Å². The molecule has 3 rings (SSSR count). The lowest BCUT2D eigenvalue weighted by Gasteiger charge is -2.47. The first-order chi connectivity index (χ1) is 13.1. The number of sulfonamides is 1. The number of nitrogens with zero attached hydrogens (tertiary/aromatic N) is 2. The van der Waals surface area contributed by atoms with Gasteiger partial charge in [-0.05, 0) is 38.8 Å². The van der Waals surface area contributed by atoms with Gasteiger partial charge in [-0.25, -0.2) is 8.42 Å². The highest BCUT2D eigenvalue weighted by molar-refractivity contribution is 7.88. The summed E-state index contributed by atoms with van der Waals surface area (Å²) in [6.45, 7) is 3.27. The Morgan fingerprint density at radius 2 is 1.75 bits per heavy atom. The van der Waals surface area contributed by atoms with Crippen molar-refractivity contribution in [2.45, 2.75) is 57.5 Å². The lowest BCUT2D eigenvalue weighted by molar-refractivity contribution is -0.133. The molecule has 2 aliphatic rings. The van der Waals surface area contributed by atoms with Gasteiger partial charge in [-0.15, -0.1) is 0 Å². The topological polar surface area (TPSA) is 86.8 Å². The van der Waals surface area contributed by atoms with Gasteiger partial charge in [0, 0.05) is 18.3 Å². The van der Waals surface area contributed by atoms with Crippen LogP contribution in [0.2, 0.25) is 0 Å². The maximum absolute atomic E-state index is 13.3. The average Bonchev–Trinajstić information content (AvgIpc) is 2.63. The summed E-state index contributed by atoms with van der Waals surface area (Å²) in [4.78, 5) is 27.8. The van der Waals surface area contributed by atoms with E-state index in [0.717, 1.165) is 41.8 Å². The highest BCUT2D eigenvalue weighted by Gasteiger charge is 2.50. The monoisotopic (exact) mass is 407 g/mol. The van der Waals surface area contributed by atoms with E-state index in [1.54, 1.807) is 19.1 Å². The number of carbonyl (C=O) groups excluding carboxylic acids is 2. The van der Waals surface area contributed by atoms with E-state index >= 15 is 0 Å². The van der Waals surface area contributed by atoms with Gasteiger partial charge in [-0.1, -0.05) is 37.0 Å². The van der Waals surface area contributed by atoms with E-state index in [9.17, 15) is 18.0 Å². The Morgan fingerprint density at radius 1 is 1.14 bits per heavy atom. The van der Waals surface area contributed by atoms with Crippen molar-refractivity contribution in [3.05, 3.63) is 29.8 Å². The molecule has 8 heteroatoms. The summed E-state index contributed by atoms with van der Waals surface area (Å²) in [5, 5.41) is 3.08. The van der Waals surface area contributed by atoms with E-state index in [-0.39, 0.29) is 25.0 Å². The molecule has 0 bridgehead atoms. The summed E-state index contributed by atoms with van der Waals surface area (Å²) >= 11 is 0. The molecule has 1 aliphatic carbocycles. The van der Waals surface area contributed by atoms with Gasteiger partial charge in [0.15, 0.2) is 0 Å². The molecule has 1 atom stereocenters. The minimum absolute atomic E-state index is 0.0655. The van der Waals surface area contributed by atoms with Gasteiger partial charge >= 0.3 is 0 Å². The zero-order valence-electron chi connectivity index (χ0n) is 16.8. The Bertz CT molecular complexity index is 847. The van der Waals surface area contributed by atoms with Crippen LogP contribution in [0.15, 0.2) is 24.3 Å². The number of rotatable bonds is 4. The second-order valence-electron chi connectivity index (χ2n) is 8.18. The van der Waals surface area contributed by atoms with E-state index in [4.69, 9.17) is 0 Å². The maximum atomic E-state index is 13.3. The van der Waals surface area contributed by atoms with Crippen molar-refractivity contribution in [1.29, 1.82) is 0 Å². The fourth-order valence-electron chi connectivity index (χ4n) is 4.09. The average molecular weight is 408 g/mol. The summed E-state index contributed by atoms with van der Waals surface area (Å²) in [7, 11) is -3.60. The summed E-state index contributed by atoms with van der Waals surface area (Å²) in [6.07, 6.45) is 6.20. The molecule has 1 aromatic carbocycles. The molecule has 1 heterocycles. The molecule has 0 aromatic heterocycles. The Balaban J connectivity index is 1.96. The first kappa shape index (κ1) is 20.8. The van der Waals surface area contributed by atoms with Gasteiger partial charge in [-0.2, -0.15) is 4.31 Å². The van der Waals surface area contributed by atoms with Gasteiger partial charge in [0.2, 0.25) is 21.8 Å². The zero-order valence-corrected chi connectivity index (χ0v) is 17.6. The Hall–Kier alpha value is -1.93. The molecule has 1 saturated carbocycles. The summed E-state index contributed by atoms with van der Waals surface area (Å²) < 4.78 is 25.4. The number of carbonyl (C=O) groups is 2. The normalized spacial score (nSPS) is 25.0. The number of nitrogens with one attached hydrogen (secondary N) is 1. The lowest BCUT2D eigenvalue weighted by Crippen LogP contribution is -2.70. The van der Waals surface area contributed by atoms with E-state index in [1.165, 1.54) is 11.3 Å². The van der Waals surface area contributed by atoms with Crippen LogP contribution in [0.5, 0.6) is 0 Å².